The van der Waals surface area contributed by atoms with E-state index in [-0.39, 0.29) is 24.8 Å². The topological polar surface area (TPSA) is 38.9 Å². The van der Waals surface area contributed by atoms with Crippen molar-refractivity contribution in [3.63, 3.8) is 0 Å². The molecule has 0 aliphatic carbocycles. The number of aromatic nitrogens is 2. The molecule has 2 rings (SSSR count). The zero-order valence-corrected chi connectivity index (χ0v) is 8.91. The van der Waals surface area contributed by atoms with Crippen LogP contribution in [0.3, 0.4) is 0 Å². The van der Waals surface area contributed by atoms with E-state index >= 15 is 0 Å². The van der Waals surface area contributed by atoms with E-state index in [1.807, 2.05) is 19.9 Å². The summed E-state index contributed by atoms with van der Waals surface area (Å²) >= 11 is 0. The number of rotatable bonds is 0. The van der Waals surface area contributed by atoms with Crippen molar-refractivity contribution >= 4 is 35.9 Å². The molecular formula is C8H10Cl2N2O. The predicted molar refractivity (Wildman–Crippen MR) is 55.8 cm³/mol. The number of nitrogens with zero attached hydrogens (tertiary/aromatic N) is 2. The molecule has 72 valence electrons. The minimum absolute atomic E-state index is 0. The van der Waals surface area contributed by atoms with E-state index in [4.69, 9.17) is 4.42 Å². The Morgan fingerprint density at radius 2 is 1.92 bits per heavy atom. The molecule has 0 amide bonds. The number of aryl methyl sites for hydroxylation is 2. The summed E-state index contributed by atoms with van der Waals surface area (Å²) < 4.78 is 5.30. The number of hydrogen-bond acceptors (Lipinski definition) is 3. The Hall–Kier alpha value is -0.800. The smallest absolute Gasteiger partial charge is 0.192 e. The van der Waals surface area contributed by atoms with Crippen LogP contribution in [0.1, 0.15) is 11.6 Å². The van der Waals surface area contributed by atoms with Gasteiger partial charge in [0.15, 0.2) is 11.5 Å². The van der Waals surface area contributed by atoms with Gasteiger partial charge >= 0.3 is 0 Å². The van der Waals surface area contributed by atoms with Gasteiger partial charge in [-0.15, -0.1) is 24.8 Å². The highest BCUT2D eigenvalue weighted by molar-refractivity contribution is 5.85. The SMILES string of the molecule is Cc1nc2c(C)nccc2o1.Cl.Cl. The summed E-state index contributed by atoms with van der Waals surface area (Å²) in [7, 11) is 0. The van der Waals surface area contributed by atoms with Gasteiger partial charge in [0.05, 0.1) is 5.69 Å². The van der Waals surface area contributed by atoms with Gasteiger partial charge in [-0.2, -0.15) is 0 Å². The van der Waals surface area contributed by atoms with Gasteiger partial charge < -0.3 is 4.42 Å². The Morgan fingerprint density at radius 1 is 1.23 bits per heavy atom. The lowest BCUT2D eigenvalue weighted by molar-refractivity contribution is 0.561. The second kappa shape index (κ2) is 4.44. The highest BCUT2D eigenvalue weighted by atomic mass is 35.5. The largest absolute Gasteiger partial charge is 0.441 e. The van der Waals surface area contributed by atoms with Crippen molar-refractivity contribution in [2.24, 2.45) is 0 Å². The van der Waals surface area contributed by atoms with Crippen LogP contribution in [0.4, 0.5) is 0 Å². The molecule has 0 unspecified atom stereocenters. The fraction of sp³-hybridized carbons (Fsp3) is 0.250. The molecule has 0 aliphatic heterocycles. The van der Waals surface area contributed by atoms with Crippen LogP contribution in [-0.2, 0) is 0 Å². The van der Waals surface area contributed by atoms with E-state index in [2.05, 4.69) is 9.97 Å². The standard InChI is InChI=1S/C8H8N2O.2ClH/c1-5-8-7(3-4-9-5)11-6(2)10-8;;/h3-4H,1-2H3;2*1H. The molecule has 0 fully saturated rings. The van der Waals surface area contributed by atoms with Crippen molar-refractivity contribution in [1.29, 1.82) is 0 Å². The zero-order chi connectivity index (χ0) is 7.84. The molecule has 0 radical (unpaired) electrons. The molecule has 2 aromatic rings. The Bertz CT molecular complexity index is 400. The highest BCUT2D eigenvalue weighted by Gasteiger charge is 2.03. The summed E-state index contributed by atoms with van der Waals surface area (Å²) in [5.41, 5.74) is 2.60. The quantitative estimate of drug-likeness (QED) is 0.686. The summed E-state index contributed by atoms with van der Waals surface area (Å²) in [6.07, 6.45) is 1.72. The maximum absolute atomic E-state index is 5.30. The molecule has 0 saturated heterocycles. The summed E-state index contributed by atoms with van der Waals surface area (Å²) in [6.45, 7) is 3.75. The second-order valence-electron chi connectivity index (χ2n) is 2.48. The fourth-order valence-corrected chi connectivity index (χ4v) is 1.09. The van der Waals surface area contributed by atoms with Crippen LogP contribution in [0.15, 0.2) is 16.7 Å². The molecule has 0 aromatic carbocycles. The Labute approximate surface area is 88.4 Å². The van der Waals surface area contributed by atoms with E-state index in [1.165, 1.54) is 0 Å². The average molecular weight is 221 g/mol. The number of pyridine rings is 1. The lowest BCUT2D eigenvalue weighted by atomic mass is 10.3. The van der Waals surface area contributed by atoms with Gasteiger partial charge in [-0.05, 0) is 6.92 Å². The van der Waals surface area contributed by atoms with Crippen molar-refractivity contribution in [2.75, 3.05) is 0 Å². The zero-order valence-electron chi connectivity index (χ0n) is 7.27. The lowest BCUT2D eigenvalue weighted by Crippen LogP contribution is -1.80. The summed E-state index contributed by atoms with van der Waals surface area (Å²) in [5.74, 6) is 0.691. The molecule has 5 heteroatoms. The molecule has 0 N–H and O–H groups in total. The number of oxazole rings is 1. The van der Waals surface area contributed by atoms with Crippen LogP contribution in [-0.4, -0.2) is 9.97 Å². The molecule has 0 atom stereocenters. The van der Waals surface area contributed by atoms with E-state index in [1.54, 1.807) is 6.20 Å². The van der Waals surface area contributed by atoms with Crippen LogP contribution < -0.4 is 0 Å². The molecule has 0 aliphatic rings. The first-order chi connectivity index (χ1) is 5.27. The van der Waals surface area contributed by atoms with Crippen LogP contribution in [0.2, 0.25) is 0 Å². The second-order valence-corrected chi connectivity index (χ2v) is 2.48. The van der Waals surface area contributed by atoms with Gasteiger partial charge in [-0.25, -0.2) is 4.98 Å². The van der Waals surface area contributed by atoms with Gasteiger partial charge in [-0.1, -0.05) is 0 Å². The minimum Gasteiger partial charge on any atom is -0.441 e. The maximum Gasteiger partial charge on any atom is 0.192 e. The molecule has 13 heavy (non-hydrogen) atoms. The third kappa shape index (κ3) is 2.11. The molecular weight excluding hydrogens is 211 g/mol. The van der Waals surface area contributed by atoms with Crippen LogP contribution in [0, 0.1) is 13.8 Å². The van der Waals surface area contributed by atoms with Crippen LogP contribution in [0.25, 0.3) is 11.1 Å². The van der Waals surface area contributed by atoms with Crippen molar-refractivity contribution in [3.05, 3.63) is 23.8 Å². The number of fused-ring (bicyclic) bond motifs is 1. The molecule has 0 saturated carbocycles. The van der Waals surface area contributed by atoms with Crippen LogP contribution in [0.5, 0.6) is 0 Å². The third-order valence-corrected chi connectivity index (χ3v) is 1.60. The minimum atomic E-state index is 0. The van der Waals surface area contributed by atoms with Gasteiger partial charge in [0.25, 0.3) is 0 Å². The van der Waals surface area contributed by atoms with E-state index in [9.17, 15) is 0 Å². The first kappa shape index (κ1) is 12.2. The Kier molecular flexibility index (Phi) is 4.17. The molecule has 3 nitrogen and oxygen atoms in total. The molecule has 2 heterocycles. The van der Waals surface area contributed by atoms with Crippen molar-refractivity contribution in [2.45, 2.75) is 13.8 Å². The average Bonchev–Trinajstić information content (AvgIpc) is 2.31. The lowest BCUT2D eigenvalue weighted by Gasteiger charge is -1.88. The fourth-order valence-electron chi connectivity index (χ4n) is 1.09. The van der Waals surface area contributed by atoms with Crippen molar-refractivity contribution in [3.8, 4) is 0 Å². The highest BCUT2D eigenvalue weighted by Crippen LogP contribution is 2.15. The van der Waals surface area contributed by atoms with Crippen molar-refractivity contribution < 1.29 is 4.42 Å². The summed E-state index contributed by atoms with van der Waals surface area (Å²) in [6, 6.07) is 1.82. The molecule has 0 bridgehead atoms. The predicted octanol–water partition coefficient (Wildman–Crippen LogP) is 2.68. The normalized spacial score (nSPS) is 9.08. The number of halogens is 2. The first-order valence-electron chi connectivity index (χ1n) is 3.46. The maximum atomic E-state index is 5.30. The monoisotopic (exact) mass is 220 g/mol. The molecule has 2 aromatic heterocycles. The number of hydrogen-bond donors (Lipinski definition) is 0. The third-order valence-electron chi connectivity index (χ3n) is 1.60. The van der Waals surface area contributed by atoms with Gasteiger partial charge in [-0.3, -0.25) is 4.98 Å². The Morgan fingerprint density at radius 3 is 2.54 bits per heavy atom. The van der Waals surface area contributed by atoms with E-state index in [0.717, 1.165) is 16.8 Å². The van der Waals surface area contributed by atoms with Crippen molar-refractivity contribution in [1.82, 2.24) is 9.97 Å². The Balaban J connectivity index is 0.000000720. The van der Waals surface area contributed by atoms with Gasteiger partial charge in [0, 0.05) is 19.2 Å². The van der Waals surface area contributed by atoms with Gasteiger partial charge in [0.1, 0.15) is 5.52 Å². The summed E-state index contributed by atoms with van der Waals surface area (Å²) in [4.78, 5) is 8.28. The molecule has 0 spiro atoms. The first-order valence-corrected chi connectivity index (χ1v) is 3.46. The van der Waals surface area contributed by atoms with Crippen LogP contribution >= 0.6 is 24.8 Å². The van der Waals surface area contributed by atoms with E-state index in [0.29, 0.717) is 5.89 Å². The van der Waals surface area contributed by atoms with E-state index < -0.39 is 0 Å². The summed E-state index contributed by atoms with van der Waals surface area (Å²) in [5, 5.41) is 0. The van der Waals surface area contributed by atoms with Gasteiger partial charge in [0.2, 0.25) is 0 Å².